The smallest absolute Gasteiger partial charge is 0.0369 e. The highest BCUT2D eigenvalue weighted by Crippen LogP contribution is 2.15. The van der Waals surface area contributed by atoms with E-state index in [2.05, 4.69) is 69.1 Å². The summed E-state index contributed by atoms with van der Waals surface area (Å²) in [4.78, 5) is 2.44. The Bertz CT molecular complexity index is 373. The third-order valence-corrected chi connectivity index (χ3v) is 3.80. The number of hydrogen-bond acceptors (Lipinski definition) is 2. The predicted octanol–water partition coefficient (Wildman–Crippen LogP) is 4.24. The molecule has 0 aromatic heterocycles. The Balaban J connectivity index is 2.35. The van der Waals surface area contributed by atoms with Crippen molar-refractivity contribution in [2.45, 2.75) is 53.5 Å². The maximum Gasteiger partial charge on any atom is 0.0369 e. The van der Waals surface area contributed by atoms with Gasteiger partial charge in [0, 0.05) is 31.4 Å². The molecule has 0 fully saturated rings. The van der Waals surface area contributed by atoms with Crippen molar-refractivity contribution in [2.75, 3.05) is 24.5 Å². The lowest BCUT2D eigenvalue weighted by Crippen LogP contribution is -2.36. The van der Waals surface area contributed by atoms with E-state index < -0.39 is 0 Å². The van der Waals surface area contributed by atoms with Crippen molar-refractivity contribution in [3.8, 4) is 0 Å². The van der Waals surface area contributed by atoms with Gasteiger partial charge in [-0.05, 0) is 57.2 Å². The number of aryl methyl sites for hydroxylation is 1. The van der Waals surface area contributed by atoms with Crippen LogP contribution in [0, 0.1) is 12.8 Å². The van der Waals surface area contributed by atoms with Gasteiger partial charge in [-0.15, -0.1) is 0 Å². The summed E-state index contributed by atoms with van der Waals surface area (Å²) in [6.45, 7) is 14.5. The molecule has 2 heteroatoms. The molecule has 2 nitrogen and oxygen atoms in total. The molecule has 1 aromatic carbocycles. The minimum Gasteiger partial charge on any atom is -0.371 e. The molecule has 0 radical (unpaired) electrons. The van der Waals surface area contributed by atoms with Crippen molar-refractivity contribution in [1.82, 2.24) is 5.32 Å². The molecule has 1 aromatic rings. The summed E-state index contributed by atoms with van der Waals surface area (Å²) in [5.41, 5.74) is 2.67. The van der Waals surface area contributed by atoms with Crippen molar-refractivity contribution in [1.29, 1.82) is 0 Å². The van der Waals surface area contributed by atoms with Gasteiger partial charge < -0.3 is 10.2 Å². The van der Waals surface area contributed by atoms with E-state index >= 15 is 0 Å². The molecule has 0 aliphatic carbocycles. The van der Waals surface area contributed by atoms with E-state index in [0.717, 1.165) is 25.6 Å². The summed E-state index contributed by atoms with van der Waals surface area (Å²) in [5, 5.41) is 3.65. The highest BCUT2D eigenvalue weighted by atomic mass is 15.1. The minimum atomic E-state index is 0.619. The largest absolute Gasteiger partial charge is 0.371 e. The Kier molecular flexibility index (Phi) is 7.68. The fourth-order valence-electron chi connectivity index (χ4n) is 2.43. The molecule has 1 atom stereocenters. The number of likely N-dealkylation sites (N-methyl/N-ethyl adjacent to an activating group) is 1. The number of rotatable bonds is 9. The van der Waals surface area contributed by atoms with E-state index in [4.69, 9.17) is 0 Å². The van der Waals surface area contributed by atoms with Gasteiger partial charge in [-0.25, -0.2) is 0 Å². The van der Waals surface area contributed by atoms with E-state index in [-0.39, 0.29) is 0 Å². The van der Waals surface area contributed by atoms with Crippen LogP contribution in [0.15, 0.2) is 24.3 Å². The molecule has 114 valence electrons. The molecular formula is C18H32N2. The van der Waals surface area contributed by atoms with Crippen molar-refractivity contribution in [3.63, 3.8) is 0 Å². The summed E-state index contributed by atoms with van der Waals surface area (Å²) in [5.74, 6) is 0.804. The molecule has 1 rings (SSSR count). The topological polar surface area (TPSA) is 15.3 Å². The van der Waals surface area contributed by atoms with Crippen LogP contribution in [0.5, 0.6) is 0 Å². The maximum absolute atomic E-state index is 3.65. The van der Waals surface area contributed by atoms with Gasteiger partial charge in [-0.1, -0.05) is 26.0 Å². The standard InChI is InChI=1S/C18H32N2/c1-6-20(18-9-7-8-16(4)14-18)13-12-19-17(5)11-10-15(2)3/h7-9,14-15,17,19H,6,10-13H2,1-5H3. The molecule has 20 heavy (non-hydrogen) atoms. The molecule has 0 heterocycles. The van der Waals surface area contributed by atoms with Crippen LogP contribution in [0.2, 0.25) is 0 Å². The summed E-state index contributed by atoms with van der Waals surface area (Å²) in [7, 11) is 0. The van der Waals surface area contributed by atoms with Gasteiger partial charge in [0.15, 0.2) is 0 Å². The molecule has 0 amide bonds. The second-order valence-corrected chi connectivity index (χ2v) is 6.25. The number of nitrogens with zero attached hydrogens (tertiary/aromatic N) is 1. The lowest BCUT2D eigenvalue weighted by atomic mass is 10.0. The van der Waals surface area contributed by atoms with Gasteiger partial charge >= 0.3 is 0 Å². The molecular weight excluding hydrogens is 244 g/mol. The van der Waals surface area contributed by atoms with Gasteiger partial charge in [-0.3, -0.25) is 0 Å². The Hall–Kier alpha value is -1.02. The van der Waals surface area contributed by atoms with Crippen LogP contribution in [0.3, 0.4) is 0 Å². The summed E-state index contributed by atoms with van der Waals surface area (Å²) >= 11 is 0. The van der Waals surface area contributed by atoms with Gasteiger partial charge in [0.05, 0.1) is 0 Å². The zero-order valence-corrected chi connectivity index (χ0v) is 13.9. The zero-order valence-electron chi connectivity index (χ0n) is 13.9. The van der Waals surface area contributed by atoms with E-state index in [1.807, 2.05) is 0 Å². The van der Waals surface area contributed by atoms with Crippen LogP contribution in [0.25, 0.3) is 0 Å². The minimum absolute atomic E-state index is 0.619. The molecule has 1 unspecified atom stereocenters. The average molecular weight is 276 g/mol. The zero-order chi connectivity index (χ0) is 15.0. The van der Waals surface area contributed by atoms with Crippen LogP contribution in [0.1, 0.15) is 46.1 Å². The second-order valence-electron chi connectivity index (χ2n) is 6.25. The molecule has 0 spiro atoms. The van der Waals surface area contributed by atoms with Crippen molar-refractivity contribution in [3.05, 3.63) is 29.8 Å². The van der Waals surface area contributed by atoms with Gasteiger partial charge in [0.1, 0.15) is 0 Å². The van der Waals surface area contributed by atoms with Gasteiger partial charge in [-0.2, -0.15) is 0 Å². The van der Waals surface area contributed by atoms with Crippen molar-refractivity contribution in [2.24, 2.45) is 5.92 Å². The summed E-state index contributed by atoms with van der Waals surface area (Å²) in [6, 6.07) is 9.40. The normalized spacial score (nSPS) is 12.7. The Morgan fingerprint density at radius 3 is 2.50 bits per heavy atom. The lowest BCUT2D eigenvalue weighted by Gasteiger charge is -2.25. The van der Waals surface area contributed by atoms with Crippen LogP contribution in [0.4, 0.5) is 5.69 Å². The monoisotopic (exact) mass is 276 g/mol. The third kappa shape index (κ3) is 6.42. The first-order valence-corrected chi connectivity index (χ1v) is 8.08. The first kappa shape index (κ1) is 17.0. The fraction of sp³-hybridized carbons (Fsp3) is 0.667. The lowest BCUT2D eigenvalue weighted by molar-refractivity contribution is 0.453. The fourth-order valence-corrected chi connectivity index (χ4v) is 2.43. The van der Waals surface area contributed by atoms with Crippen molar-refractivity contribution >= 4 is 5.69 Å². The average Bonchev–Trinajstić information content (AvgIpc) is 2.41. The predicted molar refractivity (Wildman–Crippen MR) is 90.6 cm³/mol. The van der Waals surface area contributed by atoms with E-state index in [9.17, 15) is 0 Å². The Labute approximate surface area is 125 Å². The first-order chi connectivity index (χ1) is 9.52. The highest BCUT2D eigenvalue weighted by molar-refractivity contribution is 5.48. The SMILES string of the molecule is CCN(CCNC(C)CCC(C)C)c1cccc(C)c1. The third-order valence-electron chi connectivity index (χ3n) is 3.80. The van der Waals surface area contributed by atoms with E-state index in [0.29, 0.717) is 6.04 Å². The number of nitrogens with one attached hydrogen (secondary N) is 1. The summed E-state index contributed by atoms with van der Waals surface area (Å²) < 4.78 is 0. The molecule has 0 saturated carbocycles. The van der Waals surface area contributed by atoms with Crippen LogP contribution < -0.4 is 10.2 Å². The van der Waals surface area contributed by atoms with Gasteiger partial charge in [0.25, 0.3) is 0 Å². The van der Waals surface area contributed by atoms with Crippen LogP contribution in [-0.2, 0) is 0 Å². The molecule has 1 N–H and O–H groups in total. The quantitative estimate of drug-likeness (QED) is 0.726. The molecule has 0 bridgehead atoms. The van der Waals surface area contributed by atoms with E-state index in [1.165, 1.54) is 24.1 Å². The number of anilines is 1. The van der Waals surface area contributed by atoms with Crippen LogP contribution >= 0.6 is 0 Å². The second kappa shape index (κ2) is 9.02. The maximum atomic E-state index is 3.65. The Morgan fingerprint density at radius 1 is 1.15 bits per heavy atom. The summed E-state index contributed by atoms with van der Waals surface area (Å²) in [6.07, 6.45) is 2.58. The first-order valence-electron chi connectivity index (χ1n) is 8.08. The van der Waals surface area contributed by atoms with Crippen LogP contribution in [-0.4, -0.2) is 25.7 Å². The van der Waals surface area contributed by atoms with Crippen molar-refractivity contribution < 1.29 is 0 Å². The van der Waals surface area contributed by atoms with E-state index in [1.54, 1.807) is 0 Å². The van der Waals surface area contributed by atoms with Gasteiger partial charge in [0.2, 0.25) is 0 Å². The Morgan fingerprint density at radius 2 is 1.90 bits per heavy atom. The number of hydrogen-bond donors (Lipinski definition) is 1. The molecule has 0 aliphatic heterocycles. The highest BCUT2D eigenvalue weighted by Gasteiger charge is 2.06. The molecule has 0 aliphatic rings. The molecule has 0 saturated heterocycles. The number of benzene rings is 1.